The van der Waals surface area contributed by atoms with Crippen molar-refractivity contribution >= 4 is 11.6 Å². The summed E-state index contributed by atoms with van der Waals surface area (Å²) < 4.78 is 0. The van der Waals surface area contributed by atoms with Gasteiger partial charge in [0.1, 0.15) is 5.69 Å². The lowest BCUT2D eigenvalue weighted by molar-refractivity contribution is 0.0523. The van der Waals surface area contributed by atoms with E-state index in [1.54, 1.807) is 12.3 Å². The Morgan fingerprint density at radius 3 is 2.95 bits per heavy atom. The fourth-order valence-corrected chi connectivity index (χ4v) is 2.51. The van der Waals surface area contributed by atoms with Gasteiger partial charge in [0.2, 0.25) is 0 Å². The zero-order chi connectivity index (χ0) is 13.8. The van der Waals surface area contributed by atoms with Gasteiger partial charge in [0.15, 0.2) is 0 Å². The summed E-state index contributed by atoms with van der Waals surface area (Å²) in [5.74, 6) is 0.0275. The van der Waals surface area contributed by atoms with Crippen molar-refractivity contribution in [1.82, 2.24) is 14.8 Å². The van der Waals surface area contributed by atoms with E-state index in [4.69, 9.17) is 0 Å². The van der Waals surface area contributed by atoms with E-state index in [0.29, 0.717) is 11.7 Å². The zero-order valence-electron chi connectivity index (χ0n) is 11.9. The minimum absolute atomic E-state index is 0.0275. The summed E-state index contributed by atoms with van der Waals surface area (Å²) in [6.07, 6.45) is 1.67. The summed E-state index contributed by atoms with van der Waals surface area (Å²) in [4.78, 5) is 20.9. The second-order valence-corrected chi connectivity index (χ2v) is 4.91. The van der Waals surface area contributed by atoms with E-state index < -0.39 is 0 Å². The molecule has 0 spiro atoms. The highest BCUT2D eigenvalue weighted by Crippen LogP contribution is 2.14. The number of hydrogen-bond donors (Lipinski definition) is 1. The number of amides is 1. The first-order valence-electron chi connectivity index (χ1n) is 6.82. The van der Waals surface area contributed by atoms with E-state index in [9.17, 15) is 4.79 Å². The third-order valence-electron chi connectivity index (χ3n) is 3.73. The molecule has 0 radical (unpaired) electrons. The van der Waals surface area contributed by atoms with Gasteiger partial charge >= 0.3 is 0 Å². The van der Waals surface area contributed by atoms with Crippen LogP contribution in [0.25, 0.3) is 0 Å². The van der Waals surface area contributed by atoms with Crippen LogP contribution in [0.1, 0.15) is 24.3 Å². The first kappa shape index (κ1) is 13.8. The quantitative estimate of drug-likeness (QED) is 0.891. The highest BCUT2D eigenvalue weighted by molar-refractivity contribution is 5.93. The van der Waals surface area contributed by atoms with Crippen LogP contribution in [-0.4, -0.2) is 60.0 Å². The van der Waals surface area contributed by atoms with Crippen molar-refractivity contribution in [1.29, 1.82) is 0 Å². The van der Waals surface area contributed by atoms with E-state index in [1.165, 1.54) is 0 Å². The Balaban J connectivity index is 2.07. The molecule has 1 aromatic heterocycles. The fourth-order valence-electron chi connectivity index (χ4n) is 2.51. The van der Waals surface area contributed by atoms with Gasteiger partial charge in [-0.2, -0.15) is 0 Å². The number of carbonyl (C=O) groups is 1. The first-order valence-corrected chi connectivity index (χ1v) is 6.82. The van der Waals surface area contributed by atoms with Gasteiger partial charge in [0, 0.05) is 44.6 Å². The van der Waals surface area contributed by atoms with Gasteiger partial charge in [0.05, 0.1) is 0 Å². The Labute approximate surface area is 114 Å². The molecular weight excluding hydrogens is 240 g/mol. The summed E-state index contributed by atoms with van der Waals surface area (Å²) in [5.41, 5.74) is 1.43. The van der Waals surface area contributed by atoms with E-state index in [1.807, 2.05) is 18.0 Å². The molecule has 0 saturated carbocycles. The molecule has 1 aliphatic rings. The maximum absolute atomic E-state index is 12.4. The van der Waals surface area contributed by atoms with Crippen molar-refractivity contribution in [3.8, 4) is 0 Å². The Kier molecular flexibility index (Phi) is 4.37. The number of carbonyl (C=O) groups excluding carboxylic acids is 1. The fraction of sp³-hybridized carbons (Fsp3) is 0.571. The van der Waals surface area contributed by atoms with E-state index >= 15 is 0 Å². The number of nitrogens with zero attached hydrogens (tertiary/aromatic N) is 3. The maximum Gasteiger partial charge on any atom is 0.272 e. The van der Waals surface area contributed by atoms with Crippen LogP contribution in [0.15, 0.2) is 18.3 Å². The first-order chi connectivity index (χ1) is 9.15. The second kappa shape index (κ2) is 6.02. The van der Waals surface area contributed by atoms with Gasteiger partial charge in [-0.05, 0) is 25.6 Å². The van der Waals surface area contributed by atoms with Crippen molar-refractivity contribution in [2.45, 2.75) is 19.9 Å². The molecule has 1 amide bonds. The van der Waals surface area contributed by atoms with E-state index in [-0.39, 0.29) is 5.91 Å². The molecule has 2 rings (SSSR count). The molecule has 0 bridgehead atoms. The molecule has 104 valence electrons. The lowest BCUT2D eigenvalue weighted by Gasteiger charge is -2.39. The lowest BCUT2D eigenvalue weighted by atomic mass is 10.1. The number of hydrogen-bond acceptors (Lipinski definition) is 4. The van der Waals surface area contributed by atoms with Crippen LogP contribution in [0.2, 0.25) is 0 Å². The number of likely N-dealkylation sites (N-methyl/N-ethyl adjacent to an activating group) is 1. The molecule has 1 fully saturated rings. The van der Waals surface area contributed by atoms with Crippen LogP contribution in [0, 0.1) is 0 Å². The molecule has 5 heteroatoms. The lowest BCUT2D eigenvalue weighted by Crippen LogP contribution is -2.53. The molecule has 1 N–H and O–H groups in total. The standard InChI is InChI=1S/C14H22N4O/c1-4-17-7-8-18(10-11(17)2)14(19)13-9-12(15-3)5-6-16-13/h5-6,9,11H,4,7-8,10H2,1-3H3,(H,15,16). The second-order valence-electron chi connectivity index (χ2n) is 4.91. The molecule has 5 nitrogen and oxygen atoms in total. The smallest absolute Gasteiger partial charge is 0.272 e. The van der Waals surface area contributed by atoms with Crippen molar-refractivity contribution in [3.63, 3.8) is 0 Å². The monoisotopic (exact) mass is 262 g/mol. The summed E-state index contributed by atoms with van der Waals surface area (Å²) >= 11 is 0. The van der Waals surface area contributed by atoms with Gasteiger partial charge in [-0.15, -0.1) is 0 Å². The summed E-state index contributed by atoms with van der Waals surface area (Å²) in [7, 11) is 1.84. The van der Waals surface area contributed by atoms with E-state index in [0.717, 1.165) is 31.9 Å². The van der Waals surface area contributed by atoms with Gasteiger partial charge in [-0.3, -0.25) is 14.7 Å². The van der Waals surface area contributed by atoms with Crippen LogP contribution in [0.4, 0.5) is 5.69 Å². The Morgan fingerprint density at radius 1 is 1.53 bits per heavy atom. The molecule has 1 saturated heterocycles. The van der Waals surface area contributed by atoms with Crippen molar-refractivity contribution < 1.29 is 4.79 Å². The number of nitrogens with one attached hydrogen (secondary N) is 1. The maximum atomic E-state index is 12.4. The summed E-state index contributed by atoms with van der Waals surface area (Å²) in [6.45, 7) is 7.86. The third kappa shape index (κ3) is 3.04. The minimum atomic E-state index is 0.0275. The van der Waals surface area contributed by atoms with Crippen molar-refractivity contribution in [2.75, 3.05) is 38.5 Å². The SMILES string of the molecule is CCN1CCN(C(=O)c2cc(NC)ccn2)CC1C. The average molecular weight is 262 g/mol. The number of rotatable bonds is 3. The molecule has 19 heavy (non-hydrogen) atoms. The van der Waals surface area contributed by atoms with Crippen LogP contribution in [0.5, 0.6) is 0 Å². The van der Waals surface area contributed by atoms with Gasteiger partial charge in [0.25, 0.3) is 5.91 Å². The molecule has 0 aromatic carbocycles. The summed E-state index contributed by atoms with van der Waals surface area (Å²) in [6, 6.07) is 4.07. The Morgan fingerprint density at radius 2 is 2.32 bits per heavy atom. The van der Waals surface area contributed by atoms with Crippen LogP contribution < -0.4 is 5.32 Å². The van der Waals surface area contributed by atoms with Gasteiger partial charge < -0.3 is 10.2 Å². The molecule has 0 aliphatic carbocycles. The molecule has 1 unspecified atom stereocenters. The zero-order valence-corrected chi connectivity index (χ0v) is 11.9. The number of pyridine rings is 1. The van der Waals surface area contributed by atoms with Gasteiger partial charge in [-0.1, -0.05) is 6.92 Å². The van der Waals surface area contributed by atoms with Crippen LogP contribution >= 0.6 is 0 Å². The predicted molar refractivity (Wildman–Crippen MR) is 76.4 cm³/mol. The van der Waals surface area contributed by atoms with E-state index in [2.05, 4.69) is 29.0 Å². The Hall–Kier alpha value is -1.62. The van der Waals surface area contributed by atoms with Crippen LogP contribution in [0.3, 0.4) is 0 Å². The molecule has 2 heterocycles. The molecule has 1 aliphatic heterocycles. The highest BCUT2D eigenvalue weighted by atomic mass is 16.2. The normalized spacial score (nSPS) is 20.4. The highest BCUT2D eigenvalue weighted by Gasteiger charge is 2.26. The van der Waals surface area contributed by atoms with Gasteiger partial charge in [-0.25, -0.2) is 0 Å². The molecule has 1 atom stereocenters. The number of piperazine rings is 1. The largest absolute Gasteiger partial charge is 0.388 e. The minimum Gasteiger partial charge on any atom is -0.388 e. The number of aromatic nitrogens is 1. The molecular formula is C14H22N4O. The summed E-state index contributed by atoms with van der Waals surface area (Å²) in [5, 5.41) is 3.03. The average Bonchev–Trinajstić information content (AvgIpc) is 2.46. The third-order valence-corrected chi connectivity index (χ3v) is 3.73. The molecule has 1 aromatic rings. The number of anilines is 1. The van der Waals surface area contributed by atoms with Crippen molar-refractivity contribution in [2.24, 2.45) is 0 Å². The topological polar surface area (TPSA) is 48.5 Å². The van der Waals surface area contributed by atoms with Crippen molar-refractivity contribution in [3.05, 3.63) is 24.0 Å². The van der Waals surface area contributed by atoms with Crippen LogP contribution in [-0.2, 0) is 0 Å². The predicted octanol–water partition coefficient (Wildman–Crippen LogP) is 1.29. The Bertz CT molecular complexity index is 449.